The highest BCUT2D eigenvalue weighted by molar-refractivity contribution is 9.11. The Labute approximate surface area is 113 Å². The van der Waals surface area contributed by atoms with E-state index in [0.717, 1.165) is 18.4 Å². The fourth-order valence-corrected chi connectivity index (χ4v) is 2.00. The van der Waals surface area contributed by atoms with Crippen molar-refractivity contribution in [2.24, 2.45) is 0 Å². The lowest BCUT2D eigenvalue weighted by Gasteiger charge is -2.23. The van der Waals surface area contributed by atoms with E-state index in [1.54, 1.807) is 0 Å². The van der Waals surface area contributed by atoms with Crippen LogP contribution in [0.5, 0.6) is 0 Å². The van der Waals surface area contributed by atoms with Crippen molar-refractivity contribution in [2.75, 3.05) is 0 Å². The van der Waals surface area contributed by atoms with Crippen LogP contribution >= 0.6 is 55.1 Å². The maximum Gasteiger partial charge on any atom is 0.0515 e. The van der Waals surface area contributed by atoms with Crippen LogP contribution in [0.2, 0.25) is 0 Å². The van der Waals surface area contributed by atoms with Crippen molar-refractivity contribution >= 4 is 55.1 Å². The summed E-state index contributed by atoms with van der Waals surface area (Å²) in [6.45, 7) is 7.66. The highest BCUT2D eigenvalue weighted by Crippen LogP contribution is 2.31. The zero-order chi connectivity index (χ0) is 11.4. The number of rotatable bonds is 5. The third kappa shape index (κ3) is 5.79. The average Bonchev–Trinajstić information content (AvgIpc) is 2.02. The molecule has 0 fully saturated rings. The molecular formula is C10H14Br2Cl2. The molecule has 0 saturated heterocycles. The number of alkyl halides is 2. The van der Waals surface area contributed by atoms with Crippen molar-refractivity contribution in [2.45, 2.75) is 36.4 Å². The molecule has 0 aromatic heterocycles. The fraction of sp³-hybridized carbons (Fsp3) is 0.600. The summed E-state index contributed by atoms with van der Waals surface area (Å²) >= 11 is 18.8. The molecule has 0 aromatic rings. The lowest BCUT2D eigenvalue weighted by atomic mass is 10.0. The summed E-state index contributed by atoms with van der Waals surface area (Å²) in [6.07, 6.45) is 1.79. The van der Waals surface area contributed by atoms with Gasteiger partial charge < -0.3 is 0 Å². The number of hydrogen-bond acceptors (Lipinski definition) is 0. The minimum atomic E-state index is -0.245. The zero-order valence-electron chi connectivity index (χ0n) is 8.29. The van der Waals surface area contributed by atoms with Crippen LogP contribution in [-0.2, 0) is 0 Å². The average molecular weight is 365 g/mol. The Morgan fingerprint density at radius 2 is 2.07 bits per heavy atom. The summed E-state index contributed by atoms with van der Waals surface area (Å²) in [4.78, 5) is 1.82. The molecule has 0 spiro atoms. The minimum absolute atomic E-state index is 0.245. The van der Waals surface area contributed by atoms with Crippen LogP contribution in [0, 0.1) is 0 Å². The summed E-state index contributed by atoms with van der Waals surface area (Å²) in [5.74, 6) is 0. The molecule has 0 aliphatic carbocycles. The van der Waals surface area contributed by atoms with Crippen LogP contribution < -0.4 is 0 Å². The molecule has 0 radical (unpaired) electrons. The van der Waals surface area contributed by atoms with Crippen molar-refractivity contribution in [3.63, 3.8) is 0 Å². The van der Waals surface area contributed by atoms with E-state index in [9.17, 15) is 0 Å². The molecule has 0 rings (SSSR count). The van der Waals surface area contributed by atoms with Crippen molar-refractivity contribution in [1.29, 1.82) is 0 Å². The van der Waals surface area contributed by atoms with Gasteiger partial charge >= 0.3 is 0 Å². The van der Waals surface area contributed by atoms with Crippen molar-refractivity contribution in [3.8, 4) is 0 Å². The van der Waals surface area contributed by atoms with Gasteiger partial charge in [0.15, 0.2) is 0 Å². The van der Waals surface area contributed by atoms with Crippen LogP contribution in [0.3, 0.4) is 0 Å². The topological polar surface area (TPSA) is 0 Å². The third-order valence-electron chi connectivity index (χ3n) is 1.89. The van der Waals surface area contributed by atoms with Gasteiger partial charge in [-0.05, 0) is 37.2 Å². The molecule has 0 bridgehead atoms. The first-order valence-electron chi connectivity index (χ1n) is 4.26. The van der Waals surface area contributed by atoms with Gasteiger partial charge in [0.1, 0.15) is 0 Å². The maximum atomic E-state index is 6.16. The molecular weight excluding hydrogens is 351 g/mol. The molecule has 0 aliphatic rings. The van der Waals surface area contributed by atoms with Gasteiger partial charge in [-0.25, -0.2) is 0 Å². The second-order valence-corrected chi connectivity index (χ2v) is 6.60. The Morgan fingerprint density at radius 3 is 2.36 bits per heavy atom. The molecule has 1 atom stereocenters. The van der Waals surface area contributed by atoms with Gasteiger partial charge in [0.25, 0.3) is 0 Å². The third-order valence-corrected chi connectivity index (χ3v) is 4.82. The summed E-state index contributed by atoms with van der Waals surface area (Å²) in [5, 5.41) is 0.578. The van der Waals surface area contributed by atoms with Gasteiger partial charge in [-0.3, -0.25) is 0 Å². The Bertz CT molecular complexity index is 229. The van der Waals surface area contributed by atoms with Crippen LogP contribution in [-0.4, -0.2) is 9.70 Å². The van der Waals surface area contributed by atoms with Gasteiger partial charge in [0.2, 0.25) is 0 Å². The van der Waals surface area contributed by atoms with E-state index in [0.29, 0.717) is 5.03 Å². The van der Waals surface area contributed by atoms with Gasteiger partial charge in [0, 0.05) is 9.86 Å². The Balaban J connectivity index is 4.13. The van der Waals surface area contributed by atoms with E-state index < -0.39 is 0 Å². The van der Waals surface area contributed by atoms with Crippen LogP contribution in [0.15, 0.2) is 22.2 Å². The molecule has 0 nitrogen and oxygen atoms in total. The second-order valence-electron chi connectivity index (χ2n) is 3.61. The Kier molecular flexibility index (Phi) is 7.05. The molecule has 0 aromatic carbocycles. The van der Waals surface area contributed by atoms with Crippen molar-refractivity contribution < 1.29 is 0 Å². The molecule has 0 N–H and O–H groups in total. The normalized spacial score (nSPS) is 15.4. The van der Waals surface area contributed by atoms with E-state index in [4.69, 9.17) is 23.2 Å². The first-order chi connectivity index (χ1) is 6.29. The summed E-state index contributed by atoms with van der Waals surface area (Å²) < 4.78 is 0. The van der Waals surface area contributed by atoms with E-state index in [-0.39, 0.29) is 9.70 Å². The van der Waals surface area contributed by atoms with Gasteiger partial charge in [-0.1, -0.05) is 50.0 Å². The van der Waals surface area contributed by atoms with Crippen molar-refractivity contribution in [3.05, 3.63) is 22.2 Å². The SMILES string of the molecule is C=C(Cl)/C(=C\Br)CCC(Br)C(C)(C)Cl. The van der Waals surface area contributed by atoms with E-state index in [1.807, 2.05) is 18.8 Å². The molecule has 0 aliphatic heterocycles. The summed E-state index contributed by atoms with van der Waals surface area (Å²) in [6, 6.07) is 0. The highest BCUT2D eigenvalue weighted by Gasteiger charge is 2.24. The molecule has 0 saturated carbocycles. The second kappa shape index (κ2) is 6.57. The lowest BCUT2D eigenvalue weighted by Crippen LogP contribution is -2.24. The van der Waals surface area contributed by atoms with E-state index >= 15 is 0 Å². The molecule has 1 unspecified atom stereocenters. The smallest absolute Gasteiger partial charge is 0.0515 e. The Morgan fingerprint density at radius 1 is 1.57 bits per heavy atom. The molecule has 0 amide bonds. The summed E-state index contributed by atoms with van der Waals surface area (Å²) in [7, 11) is 0. The van der Waals surface area contributed by atoms with Gasteiger partial charge in [-0.2, -0.15) is 0 Å². The standard InChI is InChI=1S/C10H14Br2Cl2/c1-7(13)8(6-11)4-5-9(12)10(2,3)14/h6,9H,1,4-5H2,2-3H3/b8-6-. The zero-order valence-corrected chi connectivity index (χ0v) is 13.0. The molecule has 0 heterocycles. The minimum Gasteiger partial charge on any atom is -0.119 e. The molecule has 82 valence electrons. The highest BCUT2D eigenvalue weighted by atomic mass is 79.9. The van der Waals surface area contributed by atoms with Crippen LogP contribution in [0.1, 0.15) is 26.7 Å². The van der Waals surface area contributed by atoms with E-state index in [2.05, 4.69) is 38.4 Å². The maximum absolute atomic E-state index is 6.16. The first kappa shape index (κ1) is 15.0. The van der Waals surface area contributed by atoms with Gasteiger partial charge in [0.05, 0.1) is 4.87 Å². The number of hydrogen-bond donors (Lipinski definition) is 0. The Hall–Kier alpha value is 1.02. The van der Waals surface area contributed by atoms with Crippen LogP contribution in [0.25, 0.3) is 0 Å². The monoisotopic (exact) mass is 362 g/mol. The molecule has 4 heteroatoms. The molecule has 14 heavy (non-hydrogen) atoms. The van der Waals surface area contributed by atoms with Crippen LogP contribution in [0.4, 0.5) is 0 Å². The van der Waals surface area contributed by atoms with Gasteiger partial charge in [-0.15, -0.1) is 11.6 Å². The van der Waals surface area contributed by atoms with E-state index in [1.165, 1.54) is 0 Å². The largest absolute Gasteiger partial charge is 0.119 e. The lowest BCUT2D eigenvalue weighted by molar-refractivity contribution is 0.618. The predicted molar refractivity (Wildman–Crippen MR) is 73.9 cm³/mol. The fourth-order valence-electron chi connectivity index (χ4n) is 0.875. The quantitative estimate of drug-likeness (QED) is 0.441. The number of allylic oxidation sites excluding steroid dienone is 2. The first-order valence-corrected chi connectivity index (χ1v) is 6.84. The predicted octanol–water partition coefficient (Wildman–Crippen LogP) is 5.58. The summed E-state index contributed by atoms with van der Waals surface area (Å²) in [5.41, 5.74) is 1.01. The number of halogens is 4. The van der Waals surface area contributed by atoms with Crippen molar-refractivity contribution in [1.82, 2.24) is 0 Å².